The standard InChI is InChI=1S/C20H16N2O2/c23-19-13-16(12-14-6-2-1-3-7-14)20(24)22(19)18-11-10-15-8-4-5-9-17(15)21-18/h1-11,16H,12-13H2. The summed E-state index contributed by atoms with van der Waals surface area (Å²) >= 11 is 0. The summed E-state index contributed by atoms with van der Waals surface area (Å²) in [6.07, 6.45) is 0.817. The number of benzene rings is 2. The number of para-hydroxylation sites is 1. The van der Waals surface area contributed by atoms with Gasteiger partial charge in [-0.25, -0.2) is 9.88 Å². The number of rotatable bonds is 3. The van der Waals surface area contributed by atoms with Crippen LogP contribution in [0.2, 0.25) is 0 Å². The van der Waals surface area contributed by atoms with Crippen molar-refractivity contribution in [2.45, 2.75) is 12.8 Å². The Kier molecular flexibility index (Phi) is 3.58. The summed E-state index contributed by atoms with van der Waals surface area (Å²) in [5.74, 6) is -0.234. The molecule has 0 radical (unpaired) electrons. The lowest BCUT2D eigenvalue weighted by Gasteiger charge is -2.14. The van der Waals surface area contributed by atoms with Crippen molar-refractivity contribution in [2.75, 3.05) is 4.90 Å². The van der Waals surface area contributed by atoms with E-state index < -0.39 is 0 Å². The van der Waals surface area contributed by atoms with E-state index in [9.17, 15) is 9.59 Å². The van der Waals surface area contributed by atoms with Gasteiger partial charge in [-0.2, -0.15) is 0 Å². The molecule has 3 aromatic rings. The van der Waals surface area contributed by atoms with Gasteiger partial charge >= 0.3 is 0 Å². The van der Waals surface area contributed by atoms with Crippen molar-refractivity contribution < 1.29 is 9.59 Å². The summed E-state index contributed by atoms with van der Waals surface area (Å²) in [4.78, 5) is 30.8. The van der Waals surface area contributed by atoms with Crippen LogP contribution in [-0.2, 0) is 16.0 Å². The summed E-state index contributed by atoms with van der Waals surface area (Å²) in [5.41, 5.74) is 1.85. The number of amides is 2. The summed E-state index contributed by atoms with van der Waals surface area (Å²) in [5, 5.41) is 0.987. The summed E-state index contributed by atoms with van der Waals surface area (Å²) < 4.78 is 0. The molecule has 2 heterocycles. The van der Waals surface area contributed by atoms with Crippen LogP contribution in [0.4, 0.5) is 5.82 Å². The highest BCUT2D eigenvalue weighted by Gasteiger charge is 2.40. The highest BCUT2D eigenvalue weighted by molar-refractivity contribution is 6.20. The molecule has 118 valence electrons. The van der Waals surface area contributed by atoms with E-state index in [4.69, 9.17) is 0 Å². The Bertz CT molecular complexity index is 921. The molecule has 1 fully saturated rings. The predicted molar refractivity (Wildman–Crippen MR) is 92.5 cm³/mol. The maximum absolute atomic E-state index is 12.7. The average molecular weight is 316 g/mol. The van der Waals surface area contributed by atoms with E-state index in [1.807, 2.05) is 60.7 Å². The first-order valence-corrected chi connectivity index (χ1v) is 7.99. The molecule has 4 heteroatoms. The second kappa shape index (κ2) is 5.89. The van der Waals surface area contributed by atoms with Gasteiger partial charge in [0.1, 0.15) is 5.82 Å². The third-order valence-corrected chi connectivity index (χ3v) is 4.38. The minimum Gasteiger partial charge on any atom is -0.274 e. The van der Waals surface area contributed by atoms with Crippen molar-refractivity contribution in [3.63, 3.8) is 0 Å². The number of nitrogens with zero attached hydrogens (tertiary/aromatic N) is 2. The number of anilines is 1. The fraction of sp³-hybridized carbons (Fsp3) is 0.150. The highest BCUT2D eigenvalue weighted by atomic mass is 16.2. The van der Waals surface area contributed by atoms with Gasteiger partial charge in [0, 0.05) is 11.8 Å². The van der Waals surface area contributed by atoms with Crippen LogP contribution >= 0.6 is 0 Å². The van der Waals surface area contributed by atoms with Crippen LogP contribution in [0, 0.1) is 5.92 Å². The fourth-order valence-corrected chi connectivity index (χ4v) is 3.17. The molecule has 1 aromatic heterocycles. The van der Waals surface area contributed by atoms with Crippen LogP contribution in [0.15, 0.2) is 66.7 Å². The number of fused-ring (bicyclic) bond motifs is 1. The smallest absolute Gasteiger partial charge is 0.238 e. The van der Waals surface area contributed by atoms with E-state index >= 15 is 0 Å². The van der Waals surface area contributed by atoms with Gasteiger partial charge in [-0.05, 0) is 30.2 Å². The zero-order chi connectivity index (χ0) is 16.5. The molecule has 4 nitrogen and oxygen atoms in total. The molecule has 4 rings (SSSR count). The van der Waals surface area contributed by atoms with Crippen LogP contribution in [0.5, 0.6) is 0 Å². The lowest BCUT2D eigenvalue weighted by Crippen LogP contribution is -2.31. The Balaban J connectivity index is 1.63. The molecule has 0 aliphatic carbocycles. The first-order valence-electron chi connectivity index (χ1n) is 7.99. The van der Waals surface area contributed by atoms with E-state index in [0.29, 0.717) is 12.2 Å². The monoisotopic (exact) mass is 316 g/mol. The Morgan fingerprint density at radius 1 is 0.917 bits per heavy atom. The van der Waals surface area contributed by atoms with E-state index in [-0.39, 0.29) is 24.2 Å². The topological polar surface area (TPSA) is 50.3 Å². The van der Waals surface area contributed by atoms with Crippen molar-refractivity contribution in [3.05, 3.63) is 72.3 Å². The molecule has 1 unspecified atom stereocenters. The Morgan fingerprint density at radius 3 is 2.50 bits per heavy atom. The Hall–Kier alpha value is -3.01. The number of hydrogen-bond donors (Lipinski definition) is 0. The van der Waals surface area contributed by atoms with E-state index in [2.05, 4.69) is 4.98 Å². The van der Waals surface area contributed by atoms with Gasteiger partial charge in [0.15, 0.2) is 0 Å². The Morgan fingerprint density at radius 2 is 1.67 bits per heavy atom. The molecular weight excluding hydrogens is 300 g/mol. The lowest BCUT2D eigenvalue weighted by atomic mass is 9.98. The third-order valence-electron chi connectivity index (χ3n) is 4.38. The van der Waals surface area contributed by atoms with Crippen LogP contribution < -0.4 is 4.90 Å². The number of carbonyl (C=O) groups excluding carboxylic acids is 2. The molecule has 1 aliphatic heterocycles. The molecule has 0 saturated carbocycles. The van der Waals surface area contributed by atoms with Crippen molar-refractivity contribution >= 4 is 28.5 Å². The SMILES string of the molecule is O=C1CC(Cc2ccccc2)C(=O)N1c1ccc2ccccc2n1. The highest BCUT2D eigenvalue weighted by Crippen LogP contribution is 2.28. The first-order chi connectivity index (χ1) is 11.7. The van der Waals surface area contributed by atoms with Gasteiger partial charge in [-0.1, -0.05) is 48.5 Å². The van der Waals surface area contributed by atoms with Crippen LogP contribution in [0.25, 0.3) is 10.9 Å². The van der Waals surface area contributed by atoms with E-state index in [1.54, 1.807) is 6.07 Å². The van der Waals surface area contributed by atoms with Crippen molar-refractivity contribution in [1.29, 1.82) is 0 Å². The maximum Gasteiger partial charge on any atom is 0.238 e. The zero-order valence-electron chi connectivity index (χ0n) is 13.1. The summed E-state index contributed by atoms with van der Waals surface area (Å²) in [6.45, 7) is 0. The minimum absolute atomic E-state index is 0.161. The molecule has 1 saturated heterocycles. The van der Waals surface area contributed by atoms with Gasteiger partial charge < -0.3 is 0 Å². The zero-order valence-corrected chi connectivity index (χ0v) is 13.1. The second-order valence-corrected chi connectivity index (χ2v) is 6.02. The largest absolute Gasteiger partial charge is 0.274 e. The second-order valence-electron chi connectivity index (χ2n) is 6.02. The molecule has 0 bridgehead atoms. The molecule has 2 aromatic carbocycles. The number of aromatic nitrogens is 1. The maximum atomic E-state index is 12.7. The third kappa shape index (κ3) is 2.56. The van der Waals surface area contributed by atoms with E-state index in [1.165, 1.54) is 4.90 Å². The van der Waals surface area contributed by atoms with Gasteiger partial charge in [0.05, 0.1) is 11.4 Å². The van der Waals surface area contributed by atoms with Crippen LogP contribution in [-0.4, -0.2) is 16.8 Å². The molecule has 24 heavy (non-hydrogen) atoms. The minimum atomic E-state index is -0.312. The normalized spacial score (nSPS) is 17.7. The lowest BCUT2D eigenvalue weighted by molar-refractivity contribution is -0.122. The van der Waals surface area contributed by atoms with Crippen molar-refractivity contribution in [3.8, 4) is 0 Å². The van der Waals surface area contributed by atoms with E-state index in [0.717, 1.165) is 16.5 Å². The van der Waals surface area contributed by atoms with Crippen molar-refractivity contribution in [2.24, 2.45) is 5.92 Å². The molecule has 0 N–H and O–H groups in total. The summed E-state index contributed by atoms with van der Waals surface area (Å²) in [6, 6.07) is 21.1. The molecule has 1 aliphatic rings. The number of hydrogen-bond acceptors (Lipinski definition) is 3. The van der Waals surface area contributed by atoms with Gasteiger partial charge in [-0.3, -0.25) is 9.59 Å². The molecule has 0 spiro atoms. The number of pyridine rings is 1. The number of imide groups is 1. The Labute approximate surface area is 139 Å². The number of carbonyl (C=O) groups is 2. The van der Waals surface area contributed by atoms with Gasteiger partial charge in [0.2, 0.25) is 11.8 Å². The van der Waals surface area contributed by atoms with Gasteiger partial charge in [-0.15, -0.1) is 0 Å². The van der Waals surface area contributed by atoms with Crippen molar-refractivity contribution in [1.82, 2.24) is 4.98 Å². The molecule has 1 atom stereocenters. The van der Waals surface area contributed by atoms with Gasteiger partial charge in [0.25, 0.3) is 0 Å². The average Bonchev–Trinajstić information content (AvgIpc) is 2.89. The van der Waals surface area contributed by atoms with Crippen LogP contribution in [0.3, 0.4) is 0 Å². The fourth-order valence-electron chi connectivity index (χ4n) is 3.17. The first kappa shape index (κ1) is 14.6. The quantitative estimate of drug-likeness (QED) is 0.696. The summed E-state index contributed by atoms with van der Waals surface area (Å²) in [7, 11) is 0. The predicted octanol–water partition coefficient (Wildman–Crippen LogP) is 3.36. The molecular formula is C20H16N2O2. The van der Waals surface area contributed by atoms with Crippen LogP contribution in [0.1, 0.15) is 12.0 Å². The molecule has 2 amide bonds.